The fourth-order valence-electron chi connectivity index (χ4n) is 3.36. The van der Waals surface area contributed by atoms with Crippen LogP contribution in [0, 0.1) is 24.1 Å². The molecule has 0 aliphatic carbocycles. The minimum absolute atomic E-state index is 0.149. The Labute approximate surface area is 174 Å². The van der Waals surface area contributed by atoms with E-state index in [4.69, 9.17) is 11.2 Å². The predicted octanol–water partition coefficient (Wildman–Crippen LogP) is 4.16. The van der Waals surface area contributed by atoms with Crippen LogP contribution in [0.15, 0.2) is 53.8 Å². The molecule has 0 amide bonds. The van der Waals surface area contributed by atoms with Crippen LogP contribution < -0.4 is 0 Å². The largest absolute Gasteiger partial charge is 0.461 e. The lowest BCUT2D eigenvalue weighted by molar-refractivity contribution is 0.0451. The lowest BCUT2D eigenvalue weighted by Gasteiger charge is -2.13. The van der Waals surface area contributed by atoms with E-state index in [9.17, 15) is 9.18 Å². The fourth-order valence-corrected chi connectivity index (χ4v) is 3.36. The zero-order valence-corrected chi connectivity index (χ0v) is 16.7. The highest BCUT2D eigenvalue weighted by Gasteiger charge is 2.26. The van der Waals surface area contributed by atoms with Crippen LogP contribution in [0.2, 0.25) is 0 Å². The van der Waals surface area contributed by atoms with Crippen molar-refractivity contribution >= 4 is 11.7 Å². The molecule has 0 spiro atoms. The molecule has 1 aromatic heterocycles. The van der Waals surface area contributed by atoms with Gasteiger partial charge in [-0.05, 0) is 36.2 Å². The minimum atomic E-state index is -0.496. The van der Waals surface area contributed by atoms with Gasteiger partial charge in [0.2, 0.25) is 0 Å². The van der Waals surface area contributed by atoms with Crippen molar-refractivity contribution in [2.24, 2.45) is 10.9 Å². The number of aliphatic imine (C=N–C) groups is 1. The second kappa shape index (κ2) is 7.96. The van der Waals surface area contributed by atoms with Crippen molar-refractivity contribution in [3.63, 3.8) is 0 Å². The smallest absolute Gasteiger partial charge is 0.358 e. The van der Waals surface area contributed by atoms with Crippen molar-refractivity contribution in [1.82, 2.24) is 9.55 Å². The molecule has 0 saturated heterocycles. The first kappa shape index (κ1) is 19.6. The Morgan fingerprint density at radius 3 is 2.80 bits per heavy atom. The van der Waals surface area contributed by atoms with Crippen LogP contribution in [0.5, 0.6) is 0 Å². The molecule has 30 heavy (non-hydrogen) atoms. The van der Waals surface area contributed by atoms with Gasteiger partial charge in [-0.3, -0.25) is 9.56 Å². The Morgan fingerprint density at radius 1 is 1.27 bits per heavy atom. The first-order valence-electron chi connectivity index (χ1n) is 9.63. The number of benzene rings is 2. The molecule has 5 nitrogen and oxygen atoms in total. The maximum absolute atomic E-state index is 14.6. The number of ether oxygens (including phenoxy) is 1. The summed E-state index contributed by atoms with van der Waals surface area (Å²) in [7, 11) is 0. The zero-order valence-electron chi connectivity index (χ0n) is 16.7. The average Bonchev–Trinajstić information content (AvgIpc) is 3.10. The van der Waals surface area contributed by atoms with E-state index in [1.54, 1.807) is 41.2 Å². The van der Waals surface area contributed by atoms with Crippen molar-refractivity contribution in [2.45, 2.75) is 20.4 Å². The predicted molar refractivity (Wildman–Crippen MR) is 112 cm³/mol. The number of hydrogen-bond donors (Lipinski definition) is 0. The van der Waals surface area contributed by atoms with Crippen LogP contribution in [0.4, 0.5) is 4.39 Å². The van der Waals surface area contributed by atoms with Gasteiger partial charge in [-0.15, -0.1) is 6.42 Å². The lowest BCUT2D eigenvalue weighted by Crippen LogP contribution is -2.13. The first-order valence-corrected chi connectivity index (χ1v) is 9.63. The van der Waals surface area contributed by atoms with Gasteiger partial charge in [0, 0.05) is 16.7 Å². The molecule has 6 heteroatoms. The Hall–Kier alpha value is -3.72. The van der Waals surface area contributed by atoms with Gasteiger partial charge in [0.05, 0.1) is 30.2 Å². The molecule has 4 rings (SSSR count). The van der Waals surface area contributed by atoms with Gasteiger partial charge in [0.15, 0.2) is 5.69 Å². The highest BCUT2D eigenvalue weighted by Crippen LogP contribution is 2.28. The number of imidazole rings is 1. The molecule has 2 heterocycles. The van der Waals surface area contributed by atoms with E-state index < -0.39 is 5.97 Å². The van der Waals surface area contributed by atoms with Gasteiger partial charge in [-0.1, -0.05) is 31.9 Å². The summed E-state index contributed by atoms with van der Waals surface area (Å²) in [5.74, 6) is 1.95. The molecule has 2 aromatic carbocycles. The Balaban J connectivity index is 1.87. The molecule has 1 aliphatic rings. The average molecular weight is 401 g/mol. The number of nitrogens with zero attached hydrogens (tertiary/aromatic N) is 3. The summed E-state index contributed by atoms with van der Waals surface area (Å²) in [6.07, 6.45) is 7.15. The molecular formula is C24H20FN3O2. The van der Waals surface area contributed by atoms with Crippen LogP contribution in [0.1, 0.15) is 46.7 Å². The number of fused-ring (bicyclic) bond motifs is 3. The summed E-state index contributed by atoms with van der Waals surface area (Å²) in [5.41, 5.74) is 3.69. The molecule has 0 saturated carbocycles. The third-order valence-corrected chi connectivity index (χ3v) is 4.80. The van der Waals surface area contributed by atoms with Crippen molar-refractivity contribution < 1.29 is 13.9 Å². The lowest BCUT2D eigenvalue weighted by atomic mass is 9.98. The highest BCUT2D eigenvalue weighted by molar-refractivity contribution is 6.15. The summed E-state index contributed by atoms with van der Waals surface area (Å²) < 4.78 is 21.8. The van der Waals surface area contributed by atoms with E-state index >= 15 is 0 Å². The van der Waals surface area contributed by atoms with Crippen molar-refractivity contribution in [3.8, 4) is 18.0 Å². The van der Waals surface area contributed by atoms with E-state index in [1.807, 2.05) is 19.9 Å². The second-order valence-corrected chi connectivity index (χ2v) is 7.42. The molecule has 0 unspecified atom stereocenters. The van der Waals surface area contributed by atoms with Crippen molar-refractivity contribution in [1.29, 1.82) is 0 Å². The molecule has 0 fully saturated rings. The number of halogens is 1. The maximum atomic E-state index is 14.6. The molecule has 150 valence electrons. The summed E-state index contributed by atoms with van der Waals surface area (Å²) in [4.78, 5) is 21.5. The van der Waals surface area contributed by atoms with Crippen LogP contribution in [-0.4, -0.2) is 27.8 Å². The van der Waals surface area contributed by atoms with E-state index in [2.05, 4.69) is 15.9 Å². The summed E-state index contributed by atoms with van der Waals surface area (Å²) in [6, 6.07) is 11.9. The van der Waals surface area contributed by atoms with E-state index in [0.29, 0.717) is 34.7 Å². The third kappa shape index (κ3) is 3.50. The van der Waals surface area contributed by atoms with Crippen molar-refractivity contribution in [3.05, 3.63) is 82.7 Å². The highest BCUT2D eigenvalue weighted by atomic mass is 19.1. The Bertz CT molecular complexity index is 1200. The van der Waals surface area contributed by atoms with Crippen LogP contribution >= 0.6 is 0 Å². The van der Waals surface area contributed by atoms with Crippen LogP contribution in [0.25, 0.3) is 5.69 Å². The number of hydrogen-bond acceptors (Lipinski definition) is 4. The van der Waals surface area contributed by atoms with Gasteiger partial charge in [0.1, 0.15) is 12.1 Å². The second-order valence-electron chi connectivity index (χ2n) is 7.42. The van der Waals surface area contributed by atoms with Gasteiger partial charge in [0.25, 0.3) is 0 Å². The van der Waals surface area contributed by atoms with E-state index in [-0.39, 0.29) is 24.0 Å². The van der Waals surface area contributed by atoms with E-state index in [1.165, 1.54) is 6.07 Å². The molecular weight excluding hydrogens is 381 g/mol. The minimum Gasteiger partial charge on any atom is -0.461 e. The number of carbonyl (C=O) groups is 1. The monoisotopic (exact) mass is 401 g/mol. The fraction of sp³-hybridized carbons (Fsp3) is 0.208. The molecule has 3 aromatic rings. The number of rotatable bonds is 4. The summed E-state index contributed by atoms with van der Waals surface area (Å²) >= 11 is 0. The van der Waals surface area contributed by atoms with Crippen LogP contribution in [-0.2, 0) is 11.3 Å². The SMILES string of the molecule is C#Cc1ccc2c(c1)C(c1ccccc1F)=NCc1c(C(=O)OCC(C)C)ncn1-2. The molecule has 0 radical (unpaired) electrons. The number of aromatic nitrogens is 2. The normalized spacial score (nSPS) is 12.4. The molecule has 0 bridgehead atoms. The van der Waals surface area contributed by atoms with Crippen molar-refractivity contribution in [2.75, 3.05) is 6.61 Å². The number of esters is 1. The number of carbonyl (C=O) groups excluding carboxylic acids is 1. The zero-order chi connectivity index (χ0) is 21.3. The first-order chi connectivity index (χ1) is 14.5. The maximum Gasteiger partial charge on any atom is 0.358 e. The summed E-state index contributed by atoms with van der Waals surface area (Å²) in [6.45, 7) is 4.38. The summed E-state index contributed by atoms with van der Waals surface area (Å²) in [5, 5.41) is 0. The van der Waals surface area contributed by atoms with Gasteiger partial charge >= 0.3 is 5.97 Å². The van der Waals surface area contributed by atoms with Gasteiger partial charge < -0.3 is 4.74 Å². The van der Waals surface area contributed by atoms with E-state index in [0.717, 1.165) is 5.69 Å². The molecule has 1 aliphatic heterocycles. The van der Waals surface area contributed by atoms with Gasteiger partial charge in [-0.25, -0.2) is 14.2 Å². The molecule has 0 atom stereocenters. The number of terminal acetylenes is 1. The topological polar surface area (TPSA) is 56.5 Å². The standard InChI is InChI=1S/C24H20FN3O2/c1-4-16-9-10-20-18(11-16)22(17-7-5-6-8-19(17)25)26-12-21-23(27-14-28(20)21)24(29)30-13-15(2)3/h1,5-11,14-15H,12-13H2,2-3H3. The Morgan fingerprint density at radius 2 is 2.07 bits per heavy atom. The third-order valence-electron chi connectivity index (χ3n) is 4.80. The van der Waals surface area contributed by atoms with Gasteiger partial charge in [-0.2, -0.15) is 0 Å². The Kier molecular flexibility index (Phi) is 5.20. The van der Waals surface area contributed by atoms with Crippen LogP contribution in [0.3, 0.4) is 0 Å². The molecule has 0 N–H and O–H groups in total. The quantitative estimate of drug-likeness (QED) is 0.487.